The maximum absolute atomic E-state index is 14.0. The maximum atomic E-state index is 14.0. The molecule has 0 aliphatic carbocycles. The molecule has 0 bridgehead atoms. The second kappa shape index (κ2) is 7.38. The third kappa shape index (κ3) is 3.21. The summed E-state index contributed by atoms with van der Waals surface area (Å²) in [6.07, 6.45) is 5.20. The molecule has 144 valence electrons. The number of amides is 1. The number of benzene rings is 1. The Labute approximate surface area is 161 Å². The van der Waals surface area contributed by atoms with Crippen molar-refractivity contribution in [1.82, 2.24) is 24.6 Å². The Bertz CT molecular complexity index is 1030. The van der Waals surface area contributed by atoms with Gasteiger partial charge in [-0.3, -0.25) is 4.79 Å². The summed E-state index contributed by atoms with van der Waals surface area (Å²) < 4.78 is 20.5. The summed E-state index contributed by atoms with van der Waals surface area (Å²) in [4.78, 5) is 23.3. The lowest BCUT2D eigenvalue weighted by Crippen LogP contribution is -2.28. The van der Waals surface area contributed by atoms with Crippen molar-refractivity contribution in [2.24, 2.45) is 0 Å². The summed E-state index contributed by atoms with van der Waals surface area (Å²) in [6, 6.07) is 6.34. The maximum Gasteiger partial charge on any atom is 0.257 e. The van der Waals surface area contributed by atoms with E-state index in [1.165, 1.54) is 17.9 Å². The van der Waals surface area contributed by atoms with Gasteiger partial charge in [0.1, 0.15) is 0 Å². The summed E-state index contributed by atoms with van der Waals surface area (Å²) in [6.45, 7) is 3.37. The zero-order valence-electron chi connectivity index (χ0n) is 15.7. The molecule has 2 aromatic heterocycles. The van der Waals surface area contributed by atoms with E-state index in [4.69, 9.17) is 4.74 Å². The number of ether oxygens (including phenoxy) is 1. The smallest absolute Gasteiger partial charge is 0.257 e. The number of nitrogens with zero attached hydrogens (tertiary/aromatic N) is 5. The van der Waals surface area contributed by atoms with Gasteiger partial charge in [-0.05, 0) is 44.0 Å². The van der Waals surface area contributed by atoms with Crippen molar-refractivity contribution >= 4 is 5.91 Å². The van der Waals surface area contributed by atoms with E-state index in [9.17, 15) is 9.18 Å². The first-order valence-electron chi connectivity index (χ1n) is 9.09. The van der Waals surface area contributed by atoms with Crippen LogP contribution in [-0.4, -0.2) is 50.8 Å². The van der Waals surface area contributed by atoms with Gasteiger partial charge in [0.15, 0.2) is 11.6 Å². The molecule has 0 unspecified atom stereocenters. The fourth-order valence-corrected chi connectivity index (χ4v) is 3.35. The van der Waals surface area contributed by atoms with E-state index < -0.39 is 5.82 Å². The molecule has 1 aromatic carbocycles. The van der Waals surface area contributed by atoms with Gasteiger partial charge >= 0.3 is 0 Å². The second-order valence-electron chi connectivity index (χ2n) is 6.65. The highest BCUT2D eigenvalue weighted by atomic mass is 19.1. The molecule has 0 radical (unpaired) electrons. The van der Waals surface area contributed by atoms with E-state index in [1.807, 2.05) is 11.8 Å². The van der Waals surface area contributed by atoms with Gasteiger partial charge in [-0.1, -0.05) is 0 Å². The second-order valence-corrected chi connectivity index (χ2v) is 6.65. The number of hydrogen-bond donors (Lipinski definition) is 0. The number of carbonyl (C=O) groups is 1. The molecule has 0 saturated carbocycles. The van der Waals surface area contributed by atoms with Gasteiger partial charge in [-0.2, -0.15) is 5.10 Å². The third-order valence-corrected chi connectivity index (χ3v) is 4.91. The van der Waals surface area contributed by atoms with Gasteiger partial charge in [0.2, 0.25) is 0 Å². The molecule has 7 nitrogen and oxygen atoms in total. The molecule has 4 rings (SSSR count). The summed E-state index contributed by atoms with van der Waals surface area (Å²) in [5.74, 6) is 0.0151. The van der Waals surface area contributed by atoms with Crippen LogP contribution in [0, 0.1) is 12.7 Å². The lowest BCUT2D eigenvalue weighted by Gasteiger charge is -2.14. The zero-order valence-corrected chi connectivity index (χ0v) is 15.7. The Hall–Kier alpha value is -3.29. The fraction of sp³-hybridized carbons (Fsp3) is 0.300. The van der Waals surface area contributed by atoms with E-state index in [2.05, 4.69) is 15.1 Å². The van der Waals surface area contributed by atoms with Crippen molar-refractivity contribution in [3.63, 3.8) is 0 Å². The molecule has 1 aliphatic rings. The number of halogens is 1. The molecule has 0 N–H and O–H groups in total. The minimum atomic E-state index is -0.464. The van der Waals surface area contributed by atoms with E-state index in [0.29, 0.717) is 28.5 Å². The molecule has 0 spiro atoms. The third-order valence-electron chi connectivity index (χ3n) is 4.91. The number of hydrogen-bond acceptors (Lipinski definition) is 5. The van der Waals surface area contributed by atoms with E-state index in [0.717, 1.165) is 25.9 Å². The van der Waals surface area contributed by atoms with Crippen molar-refractivity contribution in [2.75, 3.05) is 20.2 Å². The van der Waals surface area contributed by atoms with Gasteiger partial charge in [0.25, 0.3) is 11.9 Å². The quantitative estimate of drug-likeness (QED) is 0.695. The van der Waals surface area contributed by atoms with E-state index >= 15 is 0 Å². The molecule has 3 aromatic rings. The lowest BCUT2D eigenvalue weighted by atomic mass is 10.1. The molecular formula is C20H20FN5O2. The Morgan fingerprint density at radius 3 is 2.71 bits per heavy atom. The number of aromatic nitrogens is 4. The van der Waals surface area contributed by atoms with Gasteiger partial charge in [0.05, 0.1) is 30.3 Å². The van der Waals surface area contributed by atoms with Crippen LogP contribution in [0.4, 0.5) is 4.39 Å². The molecule has 1 fully saturated rings. The first kappa shape index (κ1) is 18.1. The predicted octanol–water partition coefficient (Wildman–Crippen LogP) is 3.02. The Morgan fingerprint density at radius 2 is 2.00 bits per heavy atom. The average Bonchev–Trinajstić information content (AvgIpc) is 3.37. The van der Waals surface area contributed by atoms with Crippen LogP contribution in [0.5, 0.6) is 5.75 Å². The number of likely N-dealkylation sites (tertiary alicyclic amines) is 1. The molecule has 28 heavy (non-hydrogen) atoms. The summed E-state index contributed by atoms with van der Waals surface area (Å²) in [7, 11) is 1.42. The number of carbonyl (C=O) groups excluding carboxylic acids is 1. The standard InChI is InChI=1S/C20H20FN5O2/c1-13-15(19(27)25-9-3-4-10-25)12-23-26(13)20-22-8-7-17(24-20)14-5-6-18(28-2)16(21)11-14/h5-8,11-12H,3-4,9-10H2,1-2H3. The molecule has 1 aliphatic heterocycles. The number of rotatable bonds is 4. The zero-order chi connectivity index (χ0) is 19.7. The SMILES string of the molecule is COc1ccc(-c2ccnc(-n3ncc(C(=O)N4CCCC4)c3C)n2)cc1F. The minimum absolute atomic E-state index is 0.0189. The highest BCUT2D eigenvalue weighted by Crippen LogP contribution is 2.25. The molecule has 1 amide bonds. The molecule has 3 heterocycles. The van der Waals surface area contributed by atoms with Crippen molar-refractivity contribution in [3.8, 4) is 23.0 Å². The first-order chi connectivity index (χ1) is 13.6. The Kier molecular flexibility index (Phi) is 4.77. The number of methoxy groups -OCH3 is 1. The van der Waals surface area contributed by atoms with Crippen LogP contribution in [0.15, 0.2) is 36.7 Å². The molecule has 8 heteroatoms. The minimum Gasteiger partial charge on any atom is -0.494 e. The highest BCUT2D eigenvalue weighted by Gasteiger charge is 2.24. The van der Waals surface area contributed by atoms with Crippen LogP contribution in [0.1, 0.15) is 28.9 Å². The molecule has 0 atom stereocenters. The fourth-order valence-electron chi connectivity index (χ4n) is 3.35. The monoisotopic (exact) mass is 381 g/mol. The topological polar surface area (TPSA) is 73.1 Å². The lowest BCUT2D eigenvalue weighted by molar-refractivity contribution is 0.0792. The highest BCUT2D eigenvalue weighted by molar-refractivity contribution is 5.95. The normalized spacial score (nSPS) is 13.8. The van der Waals surface area contributed by atoms with E-state index in [-0.39, 0.29) is 11.7 Å². The summed E-state index contributed by atoms with van der Waals surface area (Å²) >= 11 is 0. The molecular weight excluding hydrogens is 361 g/mol. The Balaban J connectivity index is 1.67. The van der Waals surface area contributed by atoms with Crippen molar-refractivity contribution in [1.29, 1.82) is 0 Å². The average molecular weight is 381 g/mol. The predicted molar refractivity (Wildman–Crippen MR) is 101 cm³/mol. The molecule has 1 saturated heterocycles. The van der Waals surface area contributed by atoms with Crippen LogP contribution in [0.2, 0.25) is 0 Å². The van der Waals surface area contributed by atoms with Crippen LogP contribution in [0.25, 0.3) is 17.2 Å². The Morgan fingerprint density at radius 1 is 1.21 bits per heavy atom. The van der Waals surface area contributed by atoms with Crippen LogP contribution in [-0.2, 0) is 0 Å². The largest absolute Gasteiger partial charge is 0.494 e. The first-order valence-corrected chi connectivity index (χ1v) is 9.09. The van der Waals surface area contributed by atoms with Crippen LogP contribution < -0.4 is 4.74 Å². The van der Waals surface area contributed by atoms with Crippen LogP contribution in [0.3, 0.4) is 0 Å². The van der Waals surface area contributed by atoms with Gasteiger partial charge < -0.3 is 9.64 Å². The van der Waals surface area contributed by atoms with Crippen LogP contribution >= 0.6 is 0 Å². The van der Waals surface area contributed by atoms with Gasteiger partial charge in [0, 0.05) is 24.8 Å². The van der Waals surface area contributed by atoms with Gasteiger partial charge in [-0.25, -0.2) is 19.0 Å². The van der Waals surface area contributed by atoms with E-state index in [1.54, 1.807) is 30.6 Å². The van der Waals surface area contributed by atoms with Crippen molar-refractivity contribution in [3.05, 3.63) is 53.7 Å². The summed E-state index contributed by atoms with van der Waals surface area (Å²) in [5, 5.41) is 4.31. The van der Waals surface area contributed by atoms with Gasteiger partial charge in [-0.15, -0.1) is 0 Å². The summed E-state index contributed by atoms with van der Waals surface area (Å²) in [5.41, 5.74) is 2.37. The van der Waals surface area contributed by atoms with Crippen molar-refractivity contribution in [2.45, 2.75) is 19.8 Å². The van der Waals surface area contributed by atoms with Crippen molar-refractivity contribution < 1.29 is 13.9 Å².